The van der Waals surface area contributed by atoms with Crippen LogP contribution in [0.3, 0.4) is 0 Å². The number of esters is 2. The van der Waals surface area contributed by atoms with E-state index >= 15 is 0 Å². The van der Waals surface area contributed by atoms with Crippen LogP contribution in [0, 0.1) is 0 Å². The molecule has 2 rings (SSSR count). The Kier molecular flexibility index (Phi) is 4.65. The molecule has 0 spiro atoms. The molecule has 110 valence electrons. The van der Waals surface area contributed by atoms with Crippen molar-refractivity contribution in [2.24, 2.45) is 0 Å². The molecule has 20 heavy (non-hydrogen) atoms. The average molecular weight is 280 g/mol. The lowest BCUT2D eigenvalue weighted by molar-refractivity contribution is -0.147. The van der Waals surface area contributed by atoms with E-state index in [9.17, 15) is 9.59 Å². The van der Waals surface area contributed by atoms with Crippen molar-refractivity contribution in [2.75, 3.05) is 26.3 Å². The lowest BCUT2D eigenvalue weighted by Gasteiger charge is -2.08. The Morgan fingerprint density at radius 3 is 1.60 bits per heavy atom. The molecule has 2 heterocycles. The van der Waals surface area contributed by atoms with Gasteiger partial charge in [0.1, 0.15) is 13.2 Å². The molecular formula is C14H20N2O4. The van der Waals surface area contributed by atoms with Crippen molar-refractivity contribution >= 4 is 11.9 Å². The second-order valence-corrected chi connectivity index (χ2v) is 4.83. The number of hydrogen-bond donors (Lipinski definition) is 2. The Labute approximate surface area is 118 Å². The summed E-state index contributed by atoms with van der Waals surface area (Å²) in [6.07, 6.45) is 1.37. The van der Waals surface area contributed by atoms with Gasteiger partial charge in [-0.25, -0.2) is 9.59 Å². The molecular weight excluding hydrogens is 260 g/mol. The molecule has 6 heteroatoms. The van der Waals surface area contributed by atoms with Gasteiger partial charge in [-0.15, -0.1) is 0 Å². The van der Waals surface area contributed by atoms with Gasteiger partial charge in [0.15, 0.2) is 0 Å². The molecule has 2 N–H and O–H groups in total. The molecule has 0 aliphatic carbocycles. The van der Waals surface area contributed by atoms with Crippen LogP contribution in [0.15, 0.2) is 22.5 Å². The standard InChI is InChI=1S/C14H20N2O4/c1-9-11(3-5-15-9)13(17)19-7-8-20-14(18)12-4-6-16-10(12)2/h15-16H,3-8H2,1-2H3. The highest BCUT2D eigenvalue weighted by molar-refractivity contribution is 5.90. The number of ether oxygens (including phenoxy) is 2. The monoisotopic (exact) mass is 280 g/mol. The third-order valence-electron chi connectivity index (χ3n) is 3.48. The number of carbonyl (C=O) groups is 2. The third-order valence-corrected chi connectivity index (χ3v) is 3.48. The molecule has 2 aliphatic rings. The van der Waals surface area contributed by atoms with Gasteiger partial charge in [0.2, 0.25) is 0 Å². The van der Waals surface area contributed by atoms with Gasteiger partial charge in [0.25, 0.3) is 0 Å². The van der Waals surface area contributed by atoms with Crippen LogP contribution in [0.1, 0.15) is 26.7 Å². The summed E-state index contributed by atoms with van der Waals surface area (Å²) in [4.78, 5) is 23.5. The summed E-state index contributed by atoms with van der Waals surface area (Å²) in [5, 5.41) is 6.16. The fraction of sp³-hybridized carbons (Fsp3) is 0.571. The summed E-state index contributed by atoms with van der Waals surface area (Å²) in [6.45, 7) is 5.41. The maximum Gasteiger partial charge on any atom is 0.335 e. The van der Waals surface area contributed by atoms with E-state index in [1.807, 2.05) is 13.8 Å². The molecule has 0 aromatic rings. The molecule has 0 saturated carbocycles. The van der Waals surface area contributed by atoms with E-state index in [4.69, 9.17) is 9.47 Å². The van der Waals surface area contributed by atoms with Gasteiger partial charge in [-0.3, -0.25) is 0 Å². The predicted molar refractivity (Wildman–Crippen MR) is 72.6 cm³/mol. The van der Waals surface area contributed by atoms with E-state index in [0.717, 1.165) is 24.5 Å². The Morgan fingerprint density at radius 2 is 1.30 bits per heavy atom. The zero-order valence-corrected chi connectivity index (χ0v) is 11.9. The van der Waals surface area contributed by atoms with Crippen molar-refractivity contribution in [3.05, 3.63) is 22.5 Å². The lowest BCUT2D eigenvalue weighted by atomic mass is 10.2. The zero-order valence-electron chi connectivity index (χ0n) is 11.9. The Bertz CT molecular complexity index is 436. The van der Waals surface area contributed by atoms with Gasteiger partial charge in [0, 0.05) is 24.5 Å². The van der Waals surface area contributed by atoms with Crippen LogP contribution in [0.4, 0.5) is 0 Å². The maximum absolute atomic E-state index is 11.7. The molecule has 0 bridgehead atoms. The van der Waals surface area contributed by atoms with E-state index in [0.29, 0.717) is 24.0 Å². The molecule has 6 nitrogen and oxygen atoms in total. The molecule has 0 aromatic heterocycles. The van der Waals surface area contributed by atoms with Gasteiger partial charge in [-0.2, -0.15) is 0 Å². The first-order valence-electron chi connectivity index (χ1n) is 6.81. The summed E-state index contributed by atoms with van der Waals surface area (Å²) in [7, 11) is 0. The van der Waals surface area contributed by atoms with Crippen LogP contribution in [0.2, 0.25) is 0 Å². The Morgan fingerprint density at radius 1 is 0.900 bits per heavy atom. The van der Waals surface area contributed by atoms with Crippen LogP contribution in [-0.2, 0) is 19.1 Å². The fourth-order valence-electron chi connectivity index (χ4n) is 2.29. The lowest BCUT2D eigenvalue weighted by Crippen LogP contribution is -2.16. The maximum atomic E-state index is 11.7. The van der Waals surface area contributed by atoms with Crippen molar-refractivity contribution in [3.63, 3.8) is 0 Å². The SMILES string of the molecule is CC1=C(C(=O)OCCOC(=O)C2=C(C)NCC2)CCN1. The van der Waals surface area contributed by atoms with Crippen molar-refractivity contribution in [2.45, 2.75) is 26.7 Å². The van der Waals surface area contributed by atoms with Crippen LogP contribution >= 0.6 is 0 Å². The summed E-state index contributed by atoms with van der Waals surface area (Å²) < 4.78 is 10.2. The molecule has 0 amide bonds. The average Bonchev–Trinajstić information content (AvgIpc) is 3.02. The van der Waals surface area contributed by atoms with Crippen molar-refractivity contribution in [1.29, 1.82) is 0 Å². The predicted octanol–water partition coefficient (Wildman–Crippen LogP) is 0.607. The molecule has 0 aromatic carbocycles. The molecule has 0 saturated heterocycles. The van der Waals surface area contributed by atoms with Crippen LogP contribution in [-0.4, -0.2) is 38.2 Å². The van der Waals surface area contributed by atoms with Crippen molar-refractivity contribution in [3.8, 4) is 0 Å². The largest absolute Gasteiger partial charge is 0.459 e. The fourth-order valence-corrected chi connectivity index (χ4v) is 2.29. The number of rotatable bonds is 5. The highest BCUT2D eigenvalue weighted by Gasteiger charge is 2.20. The second kappa shape index (κ2) is 6.45. The summed E-state index contributed by atoms with van der Waals surface area (Å²) in [6, 6.07) is 0. The minimum atomic E-state index is -0.332. The summed E-state index contributed by atoms with van der Waals surface area (Å²) in [5.74, 6) is -0.664. The highest BCUT2D eigenvalue weighted by Crippen LogP contribution is 2.15. The number of allylic oxidation sites excluding steroid dienone is 2. The first kappa shape index (κ1) is 14.4. The van der Waals surface area contributed by atoms with Gasteiger partial charge < -0.3 is 20.1 Å². The smallest absolute Gasteiger partial charge is 0.335 e. The zero-order chi connectivity index (χ0) is 14.5. The van der Waals surface area contributed by atoms with Crippen LogP contribution < -0.4 is 10.6 Å². The van der Waals surface area contributed by atoms with Gasteiger partial charge in [-0.1, -0.05) is 0 Å². The Balaban J connectivity index is 1.69. The molecule has 0 unspecified atom stereocenters. The highest BCUT2D eigenvalue weighted by atomic mass is 16.6. The van der Waals surface area contributed by atoms with E-state index in [1.54, 1.807) is 0 Å². The van der Waals surface area contributed by atoms with E-state index in [1.165, 1.54) is 0 Å². The van der Waals surface area contributed by atoms with Gasteiger partial charge >= 0.3 is 11.9 Å². The number of nitrogens with one attached hydrogen (secondary N) is 2. The van der Waals surface area contributed by atoms with Crippen molar-refractivity contribution < 1.29 is 19.1 Å². The van der Waals surface area contributed by atoms with E-state index in [2.05, 4.69) is 10.6 Å². The molecule has 0 fully saturated rings. The summed E-state index contributed by atoms with van der Waals surface area (Å²) in [5.41, 5.74) is 3.08. The Hall–Kier alpha value is -1.98. The second-order valence-electron chi connectivity index (χ2n) is 4.83. The van der Waals surface area contributed by atoms with Crippen molar-refractivity contribution in [1.82, 2.24) is 10.6 Å². The van der Waals surface area contributed by atoms with Gasteiger partial charge in [-0.05, 0) is 26.7 Å². The molecule has 2 aliphatic heterocycles. The quantitative estimate of drug-likeness (QED) is 0.567. The van der Waals surface area contributed by atoms with Crippen LogP contribution in [0.5, 0.6) is 0 Å². The van der Waals surface area contributed by atoms with E-state index in [-0.39, 0.29) is 25.2 Å². The van der Waals surface area contributed by atoms with Gasteiger partial charge in [0.05, 0.1) is 11.1 Å². The first-order valence-corrected chi connectivity index (χ1v) is 6.81. The summed E-state index contributed by atoms with van der Waals surface area (Å²) >= 11 is 0. The number of carbonyl (C=O) groups excluding carboxylic acids is 2. The minimum Gasteiger partial charge on any atom is -0.459 e. The molecule has 0 radical (unpaired) electrons. The normalized spacial score (nSPS) is 17.9. The minimum absolute atomic E-state index is 0.0844. The topological polar surface area (TPSA) is 76.7 Å². The van der Waals surface area contributed by atoms with E-state index < -0.39 is 0 Å². The third kappa shape index (κ3) is 3.31. The molecule has 0 atom stereocenters. The van der Waals surface area contributed by atoms with Crippen LogP contribution in [0.25, 0.3) is 0 Å². The number of hydrogen-bond acceptors (Lipinski definition) is 6. The first-order chi connectivity index (χ1) is 9.59.